The summed E-state index contributed by atoms with van der Waals surface area (Å²) in [5.74, 6) is -0.459. The Morgan fingerprint density at radius 1 is 1.16 bits per heavy atom. The van der Waals surface area contributed by atoms with Crippen molar-refractivity contribution in [2.75, 3.05) is 11.1 Å². The number of amides is 1. The summed E-state index contributed by atoms with van der Waals surface area (Å²) < 4.78 is 15.7. The average molecular weight is 454 g/mol. The van der Waals surface area contributed by atoms with Crippen molar-refractivity contribution in [3.8, 4) is 5.69 Å². The van der Waals surface area contributed by atoms with E-state index in [4.69, 9.17) is 0 Å². The van der Waals surface area contributed by atoms with Gasteiger partial charge in [0.25, 0.3) is 5.56 Å². The largest absolute Gasteiger partial charge is 0.325 e. The van der Waals surface area contributed by atoms with E-state index in [9.17, 15) is 14.0 Å². The van der Waals surface area contributed by atoms with Crippen molar-refractivity contribution in [3.05, 3.63) is 80.7 Å². The van der Waals surface area contributed by atoms with Crippen LogP contribution in [0.4, 0.5) is 10.1 Å². The monoisotopic (exact) mass is 453 g/mol. The number of nitrogens with one attached hydrogen (secondary N) is 1. The van der Waals surface area contributed by atoms with E-state index in [2.05, 4.69) is 10.3 Å². The molecule has 1 amide bonds. The van der Waals surface area contributed by atoms with Crippen LogP contribution in [0.15, 0.2) is 57.8 Å². The van der Waals surface area contributed by atoms with E-state index < -0.39 is 0 Å². The molecular weight excluding hydrogens is 433 g/mol. The van der Waals surface area contributed by atoms with Gasteiger partial charge in [0.15, 0.2) is 5.16 Å². The molecule has 2 heterocycles. The van der Waals surface area contributed by atoms with Gasteiger partial charge in [-0.05, 0) is 73.2 Å². The number of rotatable bonds is 5. The van der Waals surface area contributed by atoms with Gasteiger partial charge in [-0.3, -0.25) is 14.2 Å². The third-order valence-electron chi connectivity index (χ3n) is 5.06. The van der Waals surface area contributed by atoms with Crippen molar-refractivity contribution in [2.45, 2.75) is 25.9 Å². The van der Waals surface area contributed by atoms with Crippen molar-refractivity contribution < 1.29 is 9.18 Å². The quantitative estimate of drug-likeness (QED) is 0.331. The molecule has 2 aromatic heterocycles. The number of aromatic nitrogens is 2. The van der Waals surface area contributed by atoms with Crippen LogP contribution in [-0.2, 0) is 4.79 Å². The molecule has 1 N–H and O–H groups in total. The van der Waals surface area contributed by atoms with Crippen molar-refractivity contribution in [2.24, 2.45) is 0 Å². The lowest BCUT2D eigenvalue weighted by Gasteiger charge is -2.13. The number of aryl methyl sites for hydroxylation is 2. The van der Waals surface area contributed by atoms with Crippen LogP contribution in [0.1, 0.15) is 16.7 Å². The van der Waals surface area contributed by atoms with Crippen LogP contribution >= 0.6 is 23.1 Å². The predicted molar refractivity (Wildman–Crippen MR) is 125 cm³/mol. The topological polar surface area (TPSA) is 64.0 Å². The molecule has 0 radical (unpaired) electrons. The van der Waals surface area contributed by atoms with Crippen molar-refractivity contribution >= 4 is 44.9 Å². The lowest BCUT2D eigenvalue weighted by atomic mass is 10.1. The van der Waals surface area contributed by atoms with E-state index in [0.717, 1.165) is 16.8 Å². The Kier molecular flexibility index (Phi) is 5.93. The molecule has 4 aromatic rings. The number of benzene rings is 2. The molecule has 0 spiro atoms. The molecule has 0 fully saturated rings. The van der Waals surface area contributed by atoms with Gasteiger partial charge in [-0.1, -0.05) is 23.9 Å². The summed E-state index contributed by atoms with van der Waals surface area (Å²) in [6.45, 7) is 5.59. The fraction of sp³-hybridized carbons (Fsp3) is 0.174. The fourth-order valence-electron chi connectivity index (χ4n) is 3.19. The van der Waals surface area contributed by atoms with Crippen LogP contribution in [-0.4, -0.2) is 21.2 Å². The van der Waals surface area contributed by atoms with Crippen LogP contribution in [0.5, 0.6) is 0 Å². The maximum atomic E-state index is 13.8. The van der Waals surface area contributed by atoms with Gasteiger partial charge in [0.1, 0.15) is 10.5 Å². The molecule has 2 aromatic carbocycles. The molecule has 0 aliphatic rings. The van der Waals surface area contributed by atoms with E-state index in [1.165, 1.54) is 33.7 Å². The van der Waals surface area contributed by atoms with Gasteiger partial charge in [0.05, 0.1) is 17.0 Å². The van der Waals surface area contributed by atoms with Crippen molar-refractivity contribution in [3.63, 3.8) is 0 Å². The first-order valence-corrected chi connectivity index (χ1v) is 11.5. The number of hydrogen-bond acceptors (Lipinski definition) is 5. The fourth-order valence-corrected chi connectivity index (χ4v) is 4.76. The maximum Gasteiger partial charge on any atom is 0.276 e. The Balaban J connectivity index is 1.66. The van der Waals surface area contributed by atoms with E-state index in [1.807, 2.05) is 32.0 Å². The van der Waals surface area contributed by atoms with Gasteiger partial charge >= 0.3 is 0 Å². The summed E-state index contributed by atoms with van der Waals surface area (Å²) in [5, 5.41) is 5.12. The average Bonchev–Trinajstić information content (AvgIpc) is 3.21. The summed E-state index contributed by atoms with van der Waals surface area (Å²) in [4.78, 5) is 30.3. The highest BCUT2D eigenvalue weighted by molar-refractivity contribution is 7.99. The van der Waals surface area contributed by atoms with E-state index in [0.29, 0.717) is 26.6 Å². The van der Waals surface area contributed by atoms with Gasteiger partial charge in [-0.2, -0.15) is 0 Å². The van der Waals surface area contributed by atoms with Gasteiger partial charge in [-0.15, -0.1) is 11.3 Å². The molecule has 0 saturated carbocycles. The normalized spacial score (nSPS) is 11.1. The zero-order valence-electron chi connectivity index (χ0n) is 17.2. The summed E-state index contributed by atoms with van der Waals surface area (Å²) in [6, 6.07) is 12.0. The van der Waals surface area contributed by atoms with Crippen LogP contribution in [0, 0.1) is 26.6 Å². The maximum absolute atomic E-state index is 13.8. The zero-order chi connectivity index (χ0) is 22.1. The summed E-state index contributed by atoms with van der Waals surface area (Å²) >= 11 is 2.48. The number of thiophene rings is 1. The second-order valence-corrected chi connectivity index (χ2v) is 9.05. The number of carbonyl (C=O) groups excluding carboxylic acids is 1. The molecule has 5 nitrogen and oxygen atoms in total. The SMILES string of the molecule is Cc1cc(-n2c(SCC(=O)Nc3cccc(C)c3C)nc3ccsc3c2=O)ccc1F. The highest BCUT2D eigenvalue weighted by Gasteiger charge is 2.17. The molecule has 0 aliphatic carbocycles. The minimum atomic E-state index is -0.343. The van der Waals surface area contributed by atoms with Crippen LogP contribution in [0.3, 0.4) is 0 Å². The second-order valence-electron chi connectivity index (χ2n) is 7.19. The molecule has 8 heteroatoms. The van der Waals surface area contributed by atoms with Crippen molar-refractivity contribution in [1.82, 2.24) is 9.55 Å². The van der Waals surface area contributed by atoms with E-state index >= 15 is 0 Å². The van der Waals surface area contributed by atoms with E-state index in [1.54, 1.807) is 30.5 Å². The lowest BCUT2D eigenvalue weighted by molar-refractivity contribution is -0.113. The Morgan fingerprint density at radius 2 is 1.97 bits per heavy atom. The standard InChI is InChI=1S/C23H20FN3O2S2/c1-13-5-4-6-18(15(13)3)25-20(28)12-31-23-26-19-9-10-30-21(19)22(29)27(23)16-7-8-17(24)14(2)11-16/h4-11H,12H2,1-3H3,(H,25,28). The minimum Gasteiger partial charge on any atom is -0.325 e. The number of fused-ring (bicyclic) bond motifs is 1. The zero-order valence-corrected chi connectivity index (χ0v) is 18.9. The summed E-state index contributed by atoms with van der Waals surface area (Å²) in [7, 11) is 0. The molecular formula is C23H20FN3O2S2. The number of hydrogen-bond donors (Lipinski definition) is 1. The highest BCUT2D eigenvalue weighted by atomic mass is 32.2. The molecule has 158 valence electrons. The van der Waals surface area contributed by atoms with Gasteiger partial charge in [0.2, 0.25) is 5.91 Å². The number of anilines is 1. The Labute approximate surface area is 187 Å². The number of halogens is 1. The minimum absolute atomic E-state index is 0.0790. The third kappa shape index (κ3) is 4.26. The Hall–Kier alpha value is -2.97. The van der Waals surface area contributed by atoms with Gasteiger partial charge in [-0.25, -0.2) is 9.37 Å². The smallest absolute Gasteiger partial charge is 0.276 e. The van der Waals surface area contributed by atoms with Crippen LogP contribution in [0.2, 0.25) is 0 Å². The second kappa shape index (κ2) is 8.64. The van der Waals surface area contributed by atoms with Crippen LogP contribution < -0.4 is 10.9 Å². The molecule has 31 heavy (non-hydrogen) atoms. The van der Waals surface area contributed by atoms with Gasteiger partial charge < -0.3 is 5.32 Å². The predicted octanol–water partition coefficient (Wildman–Crippen LogP) is 5.24. The first-order chi connectivity index (χ1) is 14.8. The van der Waals surface area contributed by atoms with Crippen LogP contribution in [0.25, 0.3) is 15.9 Å². The number of carbonyl (C=O) groups is 1. The highest BCUT2D eigenvalue weighted by Crippen LogP contribution is 2.25. The van der Waals surface area contributed by atoms with Crippen molar-refractivity contribution in [1.29, 1.82) is 0 Å². The molecule has 4 rings (SSSR count). The Morgan fingerprint density at radius 3 is 2.74 bits per heavy atom. The lowest BCUT2D eigenvalue weighted by Crippen LogP contribution is -2.22. The molecule has 0 bridgehead atoms. The van der Waals surface area contributed by atoms with E-state index in [-0.39, 0.29) is 23.0 Å². The molecule has 0 atom stereocenters. The molecule has 0 aliphatic heterocycles. The molecule has 0 saturated heterocycles. The third-order valence-corrected chi connectivity index (χ3v) is 6.89. The number of nitrogens with zero attached hydrogens (tertiary/aromatic N) is 2. The summed E-state index contributed by atoms with van der Waals surface area (Å²) in [5.41, 5.74) is 4.17. The Bertz CT molecular complexity index is 1360. The first kappa shape index (κ1) is 21.3. The summed E-state index contributed by atoms with van der Waals surface area (Å²) in [6.07, 6.45) is 0. The molecule has 0 unspecified atom stereocenters. The van der Waals surface area contributed by atoms with Gasteiger partial charge in [0, 0.05) is 5.69 Å². The first-order valence-electron chi connectivity index (χ1n) is 9.61. The number of thioether (sulfide) groups is 1.